The molecule has 10 atom stereocenters. The molecule has 0 aliphatic carbocycles. The summed E-state index contributed by atoms with van der Waals surface area (Å²) in [6, 6.07) is 2.00. The predicted octanol–water partition coefficient (Wildman–Crippen LogP) is -1.28. The molecule has 4 unspecified atom stereocenters. The standard InChI is InChI=1S/C18H25N3O11.2Ac/c19-11-15(26)13(24)9(5-22)30-17(11)32-16-12(20)18(31-10(6-23)14(16)25)29-8-3-1-7(2-4-8)21(27)28;;/h1-4,9-20,22-26H,5-6H2;;/q-2;;/t9?,10?,11-,12-,13-,14-,15+,16+,17?,18?;;/m0../s1. The van der Waals surface area contributed by atoms with Gasteiger partial charge in [-0.15, -0.1) is 0 Å². The van der Waals surface area contributed by atoms with E-state index in [9.17, 15) is 35.6 Å². The van der Waals surface area contributed by atoms with Gasteiger partial charge in [0.2, 0.25) is 0 Å². The molecule has 2 fully saturated rings. The third-order valence-corrected chi connectivity index (χ3v) is 5.33. The third kappa shape index (κ3) is 7.48. The summed E-state index contributed by atoms with van der Waals surface area (Å²) >= 11 is 0. The van der Waals surface area contributed by atoms with Crippen LogP contribution in [-0.4, -0.2) is 105 Å². The van der Waals surface area contributed by atoms with Crippen LogP contribution in [0.1, 0.15) is 0 Å². The maximum atomic E-state index is 10.8. The van der Waals surface area contributed by atoms with E-state index in [1.165, 1.54) is 24.3 Å². The molecule has 2 saturated heterocycles. The Hall–Kier alpha value is 0.903. The number of benzene rings is 1. The first-order chi connectivity index (χ1) is 15.2. The van der Waals surface area contributed by atoms with Gasteiger partial charge in [0.15, 0.2) is 6.29 Å². The number of aliphatic hydroxyl groups excluding tert-OH is 5. The Balaban J connectivity index is 0.00000289. The molecule has 7 N–H and O–H groups in total. The van der Waals surface area contributed by atoms with Gasteiger partial charge in [0.25, 0.3) is 5.69 Å². The molecule has 1 aromatic rings. The molecule has 2 radical (unpaired) electrons. The molecule has 0 spiro atoms. The van der Waals surface area contributed by atoms with E-state index in [-0.39, 0.29) is 99.6 Å². The number of rotatable bonds is 7. The topological polar surface area (TPSA) is 229 Å². The normalized spacial score (nSPS) is 37.7. The van der Waals surface area contributed by atoms with E-state index in [1.54, 1.807) is 0 Å². The van der Waals surface area contributed by atoms with E-state index in [0.717, 1.165) is 0 Å². The summed E-state index contributed by atoms with van der Waals surface area (Å²) in [5.74, 6) is 0.121. The molecule has 0 saturated carbocycles. The van der Waals surface area contributed by atoms with Crippen LogP contribution in [0, 0.1) is 98.2 Å². The summed E-state index contributed by atoms with van der Waals surface area (Å²) < 4.78 is 21.9. The van der Waals surface area contributed by atoms with Crippen LogP contribution >= 0.6 is 0 Å². The summed E-state index contributed by atoms with van der Waals surface area (Å²) in [5.41, 5.74) is 16.2. The first-order valence-corrected chi connectivity index (χ1v) is 9.73. The van der Waals surface area contributed by atoms with Crippen molar-refractivity contribution in [3.05, 3.63) is 45.8 Å². The number of hydrogen-bond donors (Lipinski definition) is 5. The van der Waals surface area contributed by atoms with Crippen molar-refractivity contribution >= 4 is 5.69 Å². The van der Waals surface area contributed by atoms with Crippen molar-refractivity contribution in [3.8, 4) is 5.75 Å². The third-order valence-electron chi connectivity index (χ3n) is 5.33. The molecule has 0 amide bonds. The number of non-ortho nitro benzene ring substituents is 1. The summed E-state index contributed by atoms with van der Waals surface area (Å²) in [5, 5.41) is 60.0. The second kappa shape index (κ2) is 14.7. The fourth-order valence-corrected chi connectivity index (χ4v) is 3.47. The molecule has 16 heteroatoms. The first kappa shape index (κ1) is 32.9. The largest absolute Gasteiger partial charge is 0.668 e. The average molecular weight is 913 g/mol. The van der Waals surface area contributed by atoms with Gasteiger partial charge in [0, 0.05) is 100 Å². The smallest absolute Gasteiger partial charge is 0.269 e. The molecule has 1 aromatic carbocycles. The number of hydrogen-bond acceptors (Lipinski definition) is 11. The molecule has 0 bridgehead atoms. The Labute approximate surface area is 266 Å². The number of aliphatic hydroxyl groups is 5. The molecule has 14 nitrogen and oxygen atoms in total. The number of nitro groups is 1. The van der Waals surface area contributed by atoms with Gasteiger partial charge in [-0.1, -0.05) is 6.04 Å². The van der Waals surface area contributed by atoms with Crippen molar-refractivity contribution in [2.45, 2.75) is 61.3 Å². The Bertz CT molecular complexity index is 778. The van der Waals surface area contributed by atoms with Crippen molar-refractivity contribution in [2.24, 2.45) is 0 Å². The van der Waals surface area contributed by atoms with Crippen LogP contribution < -0.4 is 4.74 Å². The minimum Gasteiger partial charge on any atom is -0.668 e. The van der Waals surface area contributed by atoms with Gasteiger partial charge in [-0.2, -0.15) is 0 Å². The fourth-order valence-electron chi connectivity index (χ4n) is 3.47. The maximum Gasteiger partial charge on any atom is 0.269 e. The van der Waals surface area contributed by atoms with Crippen molar-refractivity contribution in [3.63, 3.8) is 0 Å². The number of nitrogens with zero attached hydrogens (tertiary/aromatic N) is 1. The van der Waals surface area contributed by atoms with Crippen LogP contribution in [0.3, 0.4) is 0 Å². The summed E-state index contributed by atoms with van der Waals surface area (Å²) in [6.45, 7) is -1.33. The van der Waals surface area contributed by atoms with Gasteiger partial charge < -0.3 is 55.9 Å². The van der Waals surface area contributed by atoms with Crippen LogP contribution in [0.15, 0.2) is 24.3 Å². The van der Waals surface area contributed by atoms with Crippen molar-refractivity contribution < 1.29 is 138 Å². The second-order valence-electron chi connectivity index (χ2n) is 7.44. The molecule has 2 heterocycles. The Morgan fingerprint density at radius 3 is 1.94 bits per heavy atom. The van der Waals surface area contributed by atoms with Crippen molar-refractivity contribution in [1.82, 2.24) is 0 Å². The average Bonchev–Trinajstić information content (AvgIpc) is 2.78. The van der Waals surface area contributed by atoms with Crippen LogP contribution in [0.5, 0.6) is 5.75 Å². The molecule has 0 aromatic heterocycles. The van der Waals surface area contributed by atoms with Gasteiger partial charge >= 0.3 is 0 Å². The zero-order valence-electron chi connectivity index (χ0n) is 17.8. The van der Waals surface area contributed by atoms with Crippen LogP contribution in [-0.2, 0) is 14.2 Å². The minimum atomic E-state index is -1.62. The maximum absolute atomic E-state index is 10.8. The monoisotopic (exact) mass is 913 g/mol. The zero-order chi connectivity index (χ0) is 23.6. The van der Waals surface area contributed by atoms with Gasteiger partial charge in [-0.05, 0) is 18.2 Å². The van der Waals surface area contributed by atoms with Crippen LogP contribution in [0.25, 0.3) is 11.5 Å². The molecule has 2 aliphatic rings. The fraction of sp³-hybridized carbons (Fsp3) is 0.667. The second-order valence-corrected chi connectivity index (χ2v) is 7.44. The van der Waals surface area contributed by atoms with Crippen LogP contribution in [0.4, 0.5) is 5.69 Å². The number of ether oxygens (including phenoxy) is 4. The number of nitrogens with one attached hydrogen (secondary N) is 2. The minimum absolute atomic E-state index is 0. The SMILES string of the molecule is [Ac].[Ac].[NH-][C@@H]1C(O[C@@H]2[C@H]([NH-])C(Oc3ccc([N+](=O)[O-])cc3)OC(CO)[C@@H]2O)OC(CO)[C@H](O)[C@@H]1O. The molecule has 3 rings (SSSR count). The van der Waals surface area contributed by atoms with Gasteiger partial charge in [0.1, 0.15) is 36.5 Å². The quantitative estimate of drug-likeness (QED) is 0.160. The van der Waals surface area contributed by atoms with E-state index < -0.39 is 79.4 Å². The van der Waals surface area contributed by atoms with Crippen molar-refractivity contribution in [2.75, 3.05) is 13.2 Å². The Kier molecular flexibility index (Phi) is 14.3. The Morgan fingerprint density at radius 1 is 0.882 bits per heavy atom. The van der Waals surface area contributed by atoms with E-state index in [1.807, 2.05) is 0 Å². The molecular formula is C18H25Ac2N3O11-2. The van der Waals surface area contributed by atoms with E-state index >= 15 is 0 Å². The van der Waals surface area contributed by atoms with Gasteiger partial charge in [0.05, 0.1) is 30.3 Å². The summed E-state index contributed by atoms with van der Waals surface area (Å²) in [6.07, 6.45) is -11.5. The predicted molar refractivity (Wildman–Crippen MR) is 104 cm³/mol. The number of nitro benzene ring substituents is 1. The van der Waals surface area contributed by atoms with Crippen LogP contribution in [0.2, 0.25) is 0 Å². The van der Waals surface area contributed by atoms with E-state index in [4.69, 9.17) is 30.4 Å². The molecule has 186 valence electrons. The molecule has 2 aliphatic heterocycles. The van der Waals surface area contributed by atoms with E-state index in [0.29, 0.717) is 0 Å². The molecular weight excluding hydrogens is 888 g/mol. The zero-order valence-corrected chi connectivity index (χ0v) is 27.3. The molecule has 34 heavy (non-hydrogen) atoms. The summed E-state index contributed by atoms with van der Waals surface area (Å²) in [4.78, 5) is 10.2. The van der Waals surface area contributed by atoms with Crippen molar-refractivity contribution in [1.29, 1.82) is 0 Å². The van der Waals surface area contributed by atoms with Gasteiger partial charge in [-0.3, -0.25) is 10.1 Å². The first-order valence-electron chi connectivity index (χ1n) is 9.73. The summed E-state index contributed by atoms with van der Waals surface area (Å²) in [7, 11) is 0. The Morgan fingerprint density at radius 2 is 1.41 bits per heavy atom. The van der Waals surface area contributed by atoms with Gasteiger partial charge in [-0.25, -0.2) is 0 Å². The van der Waals surface area contributed by atoms with E-state index in [2.05, 4.69) is 0 Å².